The highest BCUT2D eigenvalue weighted by Gasteiger charge is 2.35. The Labute approximate surface area is 104 Å². The lowest BCUT2D eigenvalue weighted by molar-refractivity contribution is -0.138. The van der Waals surface area contributed by atoms with Gasteiger partial charge in [0.2, 0.25) is 0 Å². The monoisotopic (exact) mass is 373 g/mol. The summed E-state index contributed by atoms with van der Waals surface area (Å²) >= 11 is 0.702. The molecular formula is C7H2F6INS. The zero-order chi connectivity index (χ0) is 12.6. The van der Waals surface area contributed by atoms with E-state index in [2.05, 4.69) is 4.98 Å². The molecule has 0 aliphatic heterocycles. The van der Waals surface area contributed by atoms with E-state index in [9.17, 15) is 26.3 Å². The quantitative estimate of drug-likeness (QED) is 0.315. The summed E-state index contributed by atoms with van der Waals surface area (Å²) in [6.45, 7) is 0. The summed E-state index contributed by atoms with van der Waals surface area (Å²) in [6, 6.07) is 1.28. The Morgan fingerprint density at radius 2 is 1.62 bits per heavy atom. The van der Waals surface area contributed by atoms with Crippen LogP contribution in [0, 0.1) is 3.70 Å². The Kier molecular flexibility index (Phi) is 3.98. The maximum atomic E-state index is 12.2. The lowest BCUT2D eigenvalue weighted by atomic mass is 10.3. The van der Waals surface area contributed by atoms with Gasteiger partial charge in [-0.05, 0) is 34.7 Å². The minimum Gasteiger partial charge on any atom is -0.235 e. The predicted molar refractivity (Wildman–Crippen MR) is 53.9 cm³/mol. The van der Waals surface area contributed by atoms with Gasteiger partial charge in [-0.2, -0.15) is 26.3 Å². The molecule has 9 heteroatoms. The second-order valence-electron chi connectivity index (χ2n) is 2.53. The van der Waals surface area contributed by atoms with Gasteiger partial charge in [0.1, 0.15) is 8.73 Å². The van der Waals surface area contributed by atoms with Crippen LogP contribution in [0.4, 0.5) is 26.3 Å². The van der Waals surface area contributed by atoms with Crippen molar-refractivity contribution in [1.29, 1.82) is 0 Å². The average molecular weight is 373 g/mol. The third kappa shape index (κ3) is 4.00. The molecule has 0 aliphatic carbocycles. The van der Waals surface area contributed by atoms with Crippen molar-refractivity contribution < 1.29 is 26.3 Å². The van der Waals surface area contributed by atoms with Crippen molar-refractivity contribution >= 4 is 34.4 Å². The van der Waals surface area contributed by atoms with E-state index in [1.807, 2.05) is 0 Å². The second kappa shape index (κ2) is 4.59. The molecule has 16 heavy (non-hydrogen) atoms. The summed E-state index contributed by atoms with van der Waals surface area (Å²) in [6.07, 6.45) is -4.61. The van der Waals surface area contributed by atoms with Crippen LogP contribution in [0.15, 0.2) is 17.2 Å². The van der Waals surface area contributed by atoms with Gasteiger partial charge in [-0.1, -0.05) is 0 Å². The topological polar surface area (TPSA) is 12.9 Å². The van der Waals surface area contributed by atoms with Crippen molar-refractivity contribution in [3.63, 3.8) is 0 Å². The van der Waals surface area contributed by atoms with Crippen LogP contribution in [-0.4, -0.2) is 10.5 Å². The van der Waals surface area contributed by atoms with Crippen molar-refractivity contribution in [1.82, 2.24) is 4.98 Å². The molecular weight excluding hydrogens is 371 g/mol. The summed E-state index contributed by atoms with van der Waals surface area (Å²) in [7, 11) is 0. The Bertz CT molecular complexity index is 387. The van der Waals surface area contributed by atoms with Crippen molar-refractivity contribution in [3.05, 3.63) is 21.4 Å². The van der Waals surface area contributed by atoms with Crippen LogP contribution in [0.3, 0.4) is 0 Å². The molecule has 0 fully saturated rings. The molecule has 0 N–H and O–H groups in total. The van der Waals surface area contributed by atoms with Crippen LogP contribution in [0.2, 0.25) is 0 Å². The fourth-order valence-electron chi connectivity index (χ4n) is 0.804. The van der Waals surface area contributed by atoms with Crippen LogP contribution in [-0.2, 0) is 6.18 Å². The summed E-state index contributed by atoms with van der Waals surface area (Å²) in [5, 5.41) is -0.509. The summed E-state index contributed by atoms with van der Waals surface area (Å²) < 4.78 is 72.0. The number of rotatable bonds is 1. The first-order chi connectivity index (χ1) is 7.09. The highest BCUT2D eigenvalue weighted by atomic mass is 127. The number of hydrogen-bond acceptors (Lipinski definition) is 2. The third-order valence-electron chi connectivity index (χ3n) is 1.35. The van der Waals surface area contributed by atoms with Crippen molar-refractivity contribution in [2.24, 2.45) is 0 Å². The van der Waals surface area contributed by atoms with Gasteiger partial charge in [-0.15, -0.1) is 0 Å². The molecule has 0 bridgehead atoms. The van der Waals surface area contributed by atoms with E-state index >= 15 is 0 Å². The minimum atomic E-state index is -4.61. The van der Waals surface area contributed by atoms with Crippen LogP contribution in [0.5, 0.6) is 0 Å². The second-order valence-corrected chi connectivity index (χ2v) is 4.64. The summed E-state index contributed by atoms with van der Waals surface area (Å²) in [5.41, 5.74) is -5.60. The molecule has 0 unspecified atom stereocenters. The maximum Gasteiger partial charge on any atom is 0.447 e. The molecule has 0 atom stereocenters. The van der Waals surface area contributed by atoms with E-state index in [1.165, 1.54) is 22.6 Å². The number of hydrogen-bond donors (Lipinski definition) is 0. The smallest absolute Gasteiger partial charge is 0.235 e. The Morgan fingerprint density at radius 1 is 1.06 bits per heavy atom. The first kappa shape index (κ1) is 13.9. The van der Waals surface area contributed by atoms with Gasteiger partial charge < -0.3 is 0 Å². The predicted octanol–water partition coefficient (Wildman–Crippen LogP) is 4.32. The number of pyridine rings is 1. The lowest BCUT2D eigenvalue weighted by Gasteiger charge is -2.10. The zero-order valence-corrected chi connectivity index (χ0v) is 10.1. The molecule has 0 saturated heterocycles. The SMILES string of the molecule is FC(F)(F)Sc1ccc(C(F)(F)F)c(I)n1. The molecule has 0 saturated carbocycles. The molecule has 0 amide bonds. The average Bonchev–Trinajstić information content (AvgIpc) is 1.97. The summed E-state index contributed by atoms with van der Waals surface area (Å²) in [4.78, 5) is 3.23. The van der Waals surface area contributed by atoms with E-state index in [1.54, 1.807) is 0 Å². The molecule has 1 nitrogen and oxygen atoms in total. The van der Waals surface area contributed by atoms with E-state index in [0.717, 1.165) is 0 Å². The Morgan fingerprint density at radius 3 is 2.00 bits per heavy atom. The number of halogens is 7. The Hall–Kier alpha value is -0.190. The molecule has 0 aromatic carbocycles. The van der Waals surface area contributed by atoms with Crippen molar-refractivity contribution in [2.75, 3.05) is 0 Å². The number of thioether (sulfide) groups is 1. The molecule has 90 valence electrons. The van der Waals surface area contributed by atoms with Crippen LogP contribution in [0.25, 0.3) is 0 Å². The third-order valence-corrected chi connectivity index (χ3v) is 2.84. The van der Waals surface area contributed by atoms with Crippen molar-refractivity contribution in [3.8, 4) is 0 Å². The molecule has 1 aromatic heterocycles. The molecule has 0 spiro atoms. The normalized spacial score (nSPS) is 12.9. The zero-order valence-electron chi connectivity index (χ0n) is 7.16. The molecule has 0 radical (unpaired) electrons. The number of aromatic nitrogens is 1. The van der Waals surface area contributed by atoms with Gasteiger partial charge >= 0.3 is 11.7 Å². The minimum absolute atomic E-state index is 0.501. The van der Waals surface area contributed by atoms with E-state index in [4.69, 9.17) is 0 Å². The first-order valence-electron chi connectivity index (χ1n) is 3.59. The highest BCUT2D eigenvalue weighted by Crippen LogP contribution is 2.38. The highest BCUT2D eigenvalue weighted by molar-refractivity contribution is 14.1. The summed E-state index contributed by atoms with van der Waals surface area (Å²) in [5.74, 6) is 0. The Balaban J connectivity index is 3.01. The maximum absolute atomic E-state index is 12.2. The first-order valence-corrected chi connectivity index (χ1v) is 5.48. The van der Waals surface area contributed by atoms with Crippen LogP contribution in [0.1, 0.15) is 5.56 Å². The lowest BCUT2D eigenvalue weighted by Crippen LogP contribution is -2.09. The fourth-order valence-corrected chi connectivity index (χ4v) is 2.22. The molecule has 0 aliphatic rings. The largest absolute Gasteiger partial charge is 0.447 e. The number of nitrogens with zero attached hydrogens (tertiary/aromatic N) is 1. The van der Waals surface area contributed by atoms with Crippen molar-refractivity contribution in [2.45, 2.75) is 16.7 Å². The van der Waals surface area contributed by atoms with E-state index < -0.39 is 37.7 Å². The number of alkyl halides is 6. The van der Waals surface area contributed by atoms with Gasteiger partial charge in [-0.25, -0.2) is 4.98 Å². The van der Waals surface area contributed by atoms with Crippen LogP contribution >= 0.6 is 34.4 Å². The molecule has 1 heterocycles. The van der Waals surface area contributed by atoms with E-state index in [-0.39, 0.29) is 0 Å². The van der Waals surface area contributed by atoms with Gasteiger partial charge in [0.05, 0.1) is 5.56 Å². The van der Waals surface area contributed by atoms with Gasteiger partial charge in [-0.3, -0.25) is 0 Å². The molecule has 1 rings (SSSR count). The molecule has 1 aromatic rings. The standard InChI is InChI=1S/C7H2F6INS/c8-6(9,10)3-1-2-4(15-5(3)14)16-7(11,12)13/h1-2H. The van der Waals surface area contributed by atoms with Gasteiger partial charge in [0.25, 0.3) is 0 Å². The fraction of sp³-hybridized carbons (Fsp3) is 0.286. The van der Waals surface area contributed by atoms with Gasteiger partial charge in [0.15, 0.2) is 0 Å². The van der Waals surface area contributed by atoms with Crippen LogP contribution < -0.4 is 0 Å². The van der Waals surface area contributed by atoms with Gasteiger partial charge in [0, 0.05) is 11.8 Å². The van der Waals surface area contributed by atoms with E-state index in [0.29, 0.717) is 12.1 Å².